The Labute approximate surface area is 176 Å². The van der Waals surface area contributed by atoms with Gasteiger partial charge in [-0.15, -0.1) is 0 Å². The molecule has 2 aromatic heterocycles. The molecule has 0 atom stereocenters. The first-order valence-electron chi connectivity index (χ1n) is 10.5. The minimum atomic E-state index is 0.150. The molecule has 3 aromatic rings. The van der Waals surface area contributed by atoms with Crippen molar-refractivity contribution >= 4 is 16.9 Å². The highest BCUT2D eigenvalue weighted by molar-refractivity contribution is 5.86. The van der Waals surface area contributed by atoms with E-state index in [-0.39, 0.29) is 5.91 Å². The third kappa shape index (κ3) is 3.89. The molecule has 1 aromatic carbocycles. The first-order valence-corrected chi connectivity index (χ1v) is 10.5. The van der Waals surface area contributed by atoms with E-state index < -0.39 is 0 Å². The Kier molecular flexibility index (Phi) is 5.99. The predicted octanol–water partition coefficient (Wildman–Crippen LogP) is 3.23. The van der Waals surface area contributed by atoms with Crippen LogP contribution in [0.2, 0.25) is 0 Å². The van der Waals surface area contributed by atoms with Crippen LogP contribution in [-0.2, 0) is 16.0 Å². The van der Waals surface area contributed by atoms with Gasteiger partial charge in [-0.25, -0.2) is 4.68 Å². The van der Waals surface area contributed by atoms with Gasteiger partial charge in [-0.1, -0.05) is 18.2 Å². The number of fused-ring (bicyclic) bond motifs is 1. The van der Waals surface area contributed by atoms with Gasteiger partial charge in [-0.3, -0.25) is 4.79 Å². The van der Waals surface area contributed by atoms with Crippen LogP contribution in [0.25, 0.3) is 16.7 Å². The quantitative estimate of drug-likeness (QED) is 0.626. The lowest BCUT2D eigenvalue weighted by Crippen LogP contribution is -2.40. The number of hydrogen-bond donors (Lipinski definition) is 0. The summed E-state index contributed by atoms with van der Waals surface area (Å²) in [6.07, 6.45) is 1.02. The molecule has 0 N–H and O–H groups in total. The second kappa shape index (κ2) is 8.83. The van der Waals surface area contributed by atoms with E-state index in [4.69, 9.17) is 19.6 Å². The van der Waals surface area contributed by atoms with Crippen molar-refractivity contribution in [3.63, 3.8) is 0 Å². The van der Waals surface area contributed by atoms with Crippen LogP contribution in [0.15, 0.2) is 30.3 Å². The summed E-state index contributed by atoms with van der Waals surface area (Å²) < 4.78 is 13.1. The summed E-state index contributed by atoms with van der Waals surface area (Å²) >= 11 is 0. The SMILES string of the molecule is CCOc1nc2c(c(C)nn2-c2ccccc2)c(C)c1CCC(=O)N1CCOCC1. The Balaban J connectivity index is 1.70. The van der Waals surface area contributed by atoms with Crippen LogP contribution in [0.5, 0.6) is 5.88 Å². The molecule has 7 heteroatoms. The van der Waals surface area contributed by atoms with Crippen LogP contribution < -0.4 is 4.74 Å². The summed E-state index contributed by atoms with van der Waals surface area (Å²) in [7, 11) is 0. The summed E-state index contributed by atoms with van der Waals surface area (Å²) in [5, 5.41) is 5.77. The number of carbonyl (C=O) groups is 1. The first kappa shape index (κ1) is 20.3. The fraction of sp³-hybridized carbons (Fsp3) is 0.435. The molecule has 1 saturated heterocycles. The maximum atomic E-state index is 12.7. The van der Waals surface area contributed by atoms with E-state index in [1.807, 2.05) is 53.8 Å². The number of aryl methyl sites for hydroxylation is 2. The molecule has 7 nitrogen and oxygen atoms in total. The maximum absolute atomic E-state index is 12.7. The average Bonchev–Trinajstić information content (AvgIpc) is 3.11. The minimum absolute atomic E-state index is 0.150. The number of benzene rings is 1. The Bertz CT molecular complexity index is 1040. The fourth-order valence-corrected chi connectivity index (χ4v) is 4.03. The van der Waals surface area contributed by atoms with E-state index >= 15 is 0 Å². The number of rotatable bonds is 6. The molecular weight excluding hydrogens is 380 g/mol. The lowest BCUT2D eigenvalue weighted by atomic mass is 10.0. The van der Waals surface area contributed by atoms with Crippen molar-refractivity contribution < 1.29 is 14.3 Å². The number of amides is 1. The molecule has 1 fully saturated rings. The van der Waals surface area contributed by atoms with Gasteiger partial charge in [0.2, 0.25) is 11.8 Å². The molecule has 158 valence electrons. The summed E-state index contributed by atoms with van der Waals surface area (Å²) in [6, 6.07) is 9.98. The van der Waals surface area contributed by atoms with E-state index in [0.717, 1.165) is 33.5 Å². The van der Waals surface area contributed by atoms with Crippen molar-refractivity contribution in [1.82, 2.24) is 19.7 Å². The molecule has 3 heterocycles. The molecule has 0 aliphatic carbocycles. The standard InChI is InChI=1S/C23H28N4O3/c1-4-30-23-19(10-11-20(28)26-12-14-29-15-13-26)16(2)21-17(3)25-27(22(21)24-23)18-8-6-5-7-9-18/h5-9H,4,10-15H2,1-3H3. The summed E-state index contributed by atoms with van der Waals surface area (Å²) in [4.78, 5) is 19.4. The van der Waals surface area contributed by atoms with Crippen molar-refractivity contribution in [2.75, 3.05) is 32.9 Å². The van der Waals surface area contributed by atoms with Crippen LogP contribution in [0, 0.1) is 13.8 Å². The topological polar surface area (TPSA) is 69.5 Å². The molecule has 0 bridgehead atoms. The number of aromatic nitrogens is 3. The zero-order valence-electron chi connectivity index (χ0n) is 17.9. The number of hydrogen-bond acceptors (Lipinski definition) is 5. The summed E-state index contributed by atoms with van der Waals surface area (Å²) in [6.45, 7) is 9.09. The molecule has 0 unspecified atom stereocenters. The summed E-state index contributed by atoms with van der Waals surface area (Å²) in [5.41, 5.74) is 4.73. The first-order chi connectivity index (χ1) is 14.6. The van der Waals surface area contributed by atoms with Gasteiger partial charge < -0.3 is 14.4 Å². The monoisotopic (exact) mass is 408 g/mol. The number of morpholine rings is 1. The van der Waals surface area contributed by atoms with Gasteiger partial charge in [0.1, 0.15) is 0 Å². The number of pyridine rings is 1. The molecule has 1 amide bonds. The zero-order valence-corrected chi connectivity index (χ0v) is 17.9. The zero-order chi connectivity index (χ0) is 21.1. The third-order valence-electron chi connectivity index (χ3n) is 5.56. The lowest BCUT2D eigenvalue weighted by Gasteiger charge is -2.27. The van der Waals surface area contributed by atoms with E-state index in [2.05, 4.69) is 6.92 Å². The predicted molar refractivity (Wildman–Crippen MR) is 115 cm³/mol. The third-order valence-corrected chi connectivity index (χ3v) is 5.56. The van der Waals surface area contributed by atoms with Crippen molar-refractivity contribution in [2.45, 2.75) is 33.6 Å². The Morgan fingerprint density at radius 3 is 2.60 bits per heavy atom. The van der Waals surface area contributed by atoms with Gasteiger partial charge >= 0.3 is 0 Å². The normalized spacial score (nSPS) is 14.3. The van der Waals surface area contributed by atoms with E-state index in [9.17, 15) is 4.79 Å². The molecule has 0 radical (unpaired) electrons. The highest BCUT2D eigenvalue weighted by Crippen LogP contribution is 2.32. The number of nitrogens with zero attached hydrogens (tertiary/aromatic N) is 4. The van der Waals surface area contributed by atoms with Crippen LogP contribution in [0.3, 0.4) is 0 Å². The van der Waals surface area contributed by atoms with Crippen LogP contribution in [0.1, 0.15) is 30.2 Å². The van der Waals surface area contributed by atoms with Crippen molar-refractivity contribution in [3.05, 3.63) is 47.2 Å². The minimum Gasteiger partial charge on any atom is -0.478 e. The fourth-order valence-electron chi connectivity index (χ4n) is 4.03. The Morgan fingerprint density at radius 2 is 1.90 bits per heavy atom. The highest BCUT2D eigenvalue weighted by Gasteiger charge is 2.22. The Morgan fingerprint density at radius 1 is 1.17 bits per heavy atom. The van der Waals surface area contributed by atoms with Gasteiger partial charge in [0, 0.05) is 30.5 Å². The van der Waals surface area contributed by atoms with E-state index in [1.54, 1.807) is 0 Å². The molecule has 4 rings (SSSR count). The number of carbonyl (C=O) groups excluding carboxylic acids is 1. The summed E-state index contributed by atoms with van der Waals surface area (Å²) in [5.74, 6) is 0.742. The van der Waals surface area contributed by atoms with Crippen LogP contribution >= 0.6 is 0 Å². The Hall–Kier alpha value is -2.93. The second-order valence-electron chi connectivity index (χ2n) is 7.48. The van der Waals surface area contributed by atoms with Gasteiger partial charge in [0.05, 0.1) is 31.2 Å². The molecule has 0 saturated carbocycles. The largest absolute Gasteiger partial charge is 0.478 e. The highest BCUT2D eigenvalue weighted by atomic mass is 16.5. The molecule has 1 aliphatic heterocycles. The number of ether oxygens (including phenoxy) is 2. The van der Waals surface area contributed by atoms with Crippen molar-refractivity contribution in [2.24, 2.45) is 0 Å². The van der Waals surface area contributed by atoms with Gasteiger partial charge in [-0.05, 0) is 44.9 Å². The lowest BCUT2D eigenvalue weighted by molar-refractivity contribution is -0.135. The maximum Gasteiger partial charge on any atom is 0.223 e. The molecular formula is C23H28N4O3. The second-order valence-corrected chi connectivity index (χ2v) is 7.48. The van der Waals surface area contributed by atoms with Crippen LogP contribution in [0.4, 0.5) is 0 Å². The number of para-hydroxylation sites is 1. The van der Waals surface area contributed by atoms with Gasteiger partial charge in [0.15, 0.2) is 5.65 Å². The average molecular weight is 409 g/mol. The molecule has 0 spiro atoms. The smallest absolute Gasteiger partial charge is 0.223 e. The van der Waals surface area contributed by atoms with Gasteiger partial charge in [-0.2, -0.15) is 10.1 Å². The molecule has 30 heavy (non-hydrogen) atoms. The van der Waals surface area contributed by atoms with Crippen LogP contribution in [-0.4, -0.2) is 58.5 Å². The van der Waals surface area contributed by atoms with E-state index in [1.165, 1.54) is 0 Å². The van der Waals surface area contributed by atoms with E-state index in [0.29, 0.717) is 51.6 Å². The van der Waals surface area contributed by atoms with Crippen molar-refractivity contribution in [3.8, 4) is 11.6 Å². The van der Waals surface area contributed by atoms with Gasteiger partial charge in [0.25, 0.3) is 0 Å². The van der Waals surface area contributed by atoms with Crippen molar-refractivity contribution in [1.29, 1.82) is 0 Å². The molecule has 1 aliphatic rings.